The number of amides is 1. The number of nitrogens with zero attached hydrogens (tertiary/aromatic N) is 3. The first-order valence-electron chi connectivity index (χ1n) is 20.3. The summed E-state index contributed by atoms with van der Waals surface area (Å²) in [7, 11) is -4.10. The van der Waals surface area contributed by atoms with Crippen molar-refractivity contribution in [2.24, 2.45) is 0 Å². The summed E-state index contributed by atoms with van der Waals surface area (Å²) in [5.41, 5.74) is 6.65. The predicted octanol–water partition coefficient (Wildman–Crippen LogP) is 9.59. The molecule has 8 nitrogen and oxygen atoms in total. The lowest BCUT2D eigenvalue weighted by Crippen LogP contribution is -2.46. The Labute approximate surface area is 354 Å². The molecule has 1 amide bonds. The summed E-state index contributed by atoms with van der Waals surface area (Å²) < 4.78 is 29.3. The molecule has 58 heavy (non-hydrogen) atoms. The number of rotatable bonds is 15. The van der Waals surface area contributed by atoms with Crippen molar-refractivity contribution >= 4 is 50.7 Å². The van der Waals surface area contributed by atoms with E-state index in [1.807, 2.05) is 55.1 Å². The Morgan fingerprint density at radius 3 is 2.19 bits per heavy atom. The topological polar surface area (TPSA) is 85.0 Å². The number of piperazine rings is 1. The predicted molar refractivity (Wildman–Crippen MR) is 241 cm³/mol. The molecule has 0 spiro atoms. The maximum absolute atomic E-state index is 13.5. The summed E-state index contributed by atoms with van der Waals surface area (Å²) in [5, 5.41) is 4.46. The lowest BCUT2D eigenvalue weighted by atomic mass is 9.99. The first kappa shape index (κ1) is 41.8. The molecule has 2 fully saturated rings. The summed E-state index contributed by atoms with van der Waals surface area (Å²) >= 11 is 7.96. The highest BCUT2D eigenvalue weighted by Gasteiger charge is 2.28. The largest absolute Gasteiger partial charge is 0.381 e. The Balaban J connectivity index is 0.933. The van der Waals surface area contributed by atoms with Crippen molar-refractivity contribution in [1.29, 1.82) is 0 Å². The van der Waals surface area contributed by atoms with Gasteiger partial charge in [0.1, 0.15) is 0 Å². The van der Waals surface area contributed by atoms with Crippen LogP contribution in [0.3, 0.4) is 0 Å². The highest BCUT2D eigenvalue weighted by Crippen LogP contribution is 2.29. The third kappa shape index (κ3) is 10.6. The van der Waals surface area contributed by atoms with Gasteiger partial charge in [0.05, 0.1) is 4.90 Å². The molecule has 304 valence electrons. The number of halogens is 1. The van der Waals surface area contributed by atoms with Gasteiger partial charge >= 0.3 is 0 Å². The summed E-state index contributed by atoms with van der Waals surface area (Å²) in [6, 6.07) is 40.5. The number of thioether (sulfide) groups is 1. The highest BCUT2D eigenvalue weighted by molar-refractivity contribution is 7.99. The highest BCUT2D eigenvalue weighted by atomic mass is 35.5. The van der Waals surface area contributed by atoms with E-state index in [1.165, 1.54) is 28.9 Å². The molecular weight excluding hydrogens is 782 g/mol. The summed E-state index contributed by atoms with van der Waals surface area (Å²) in [6.45, 7) is 11.9. The minimum absolute atomic E-state index is 0.0594. The van der Waals surface area contributed by atoms with Gasteiger partial charge in [-0.25, -0.2) is 13.1 Å². The van der Waals surface area contributed by atoms with Crippen LogP contribution >= 0.6 is 23.4 Å². The van der Waals surface area contributed by atoms with E-state index in [2.05, 4.69) is 99.2 Å². The number of aryl methyl sites for hydroxylation is 1. The van der Waals surface area contributed by atoms with E-state index >= 15 is 0 Å². The molecule has 2 heterocycles. The quantitative estimate of drug-likeness (QED) is 0.101. The van der Waals surface area contributed by atoms with Crippen LogP contribution in [0.1, 0.15) is 54.6 Å². The lowest BCUT2D eigenvalue weighted by Gasteiger charge is -2.36. The summed E-state index contributed by atoms with van der Waals surface area (Å²) in [4.78, 5) is 21.9. The Morgan fingerprint density at radius 2 is 1.50 bits per heavy atom. The number of carbonyl (C=O) groups is 1. The number of likely N-dealkylation sites (tertiary alicyclic amines) is 1. The molecule has 5 aromatic carbocycles. The number of hydrogen-bond donors (Lipinski definition) is 2. The number of hydrogen-bond acceptors (Lipinski definition) is 8. The average molecular weight is 837 g/mol. The van der Waals surface area contributed by atoms with E-state index < -0.39 is 15.9 Å². The Hall–Kier alpha value is -4.32. The van der Waals surface area contributed by atoms with Gasteiger partial charge in [-0.05, 0) is 129 Å². The molecule has 0 aromatic heterocycles. The first-order chi connectivity index (χ1) is 28.0. The summed E-state index contributed by atoms with van der Waals surface area (Å²) in [6.07, 6.45) is 3.44. The van der Waals surface area contributed by atoms with Gasteiger partial charge in [0.25, 0.3) is 15.9 Å². The standard InChI is InChI=1S/C47H54ClN5O3S2/c1-34-31-44(23-24-46(34)49-41(33-57-43-10-5-4-6-11-43)25-26-53-35(2)13-14-36(53)3)58(55,56)50-47(54)38-17-21-42(22-18-38)52-29-27-51(28-30-52)32-39-9-7-8-12-45(39)37-15-19-40(48)20-16-37/h4-12,15-24,31,35-36,41,49H,13-14,25-30,32-33H2,1-3H3,(H,50,54)/t35-,36-,41+/m0/s1. The molecule has 2 saturated heterocycles. The number of nitrogens with one attached hydrogen (secondary N) is 2. The van der Waals surface area contributed by atoms with Crippen LogP contribution in [-0.4, -0.2) is 80.7 Å². The van der Waals surface area contributed by atoms with E-state index in [4.69, 9.17) is 11.6 Å². The number of benzene rings is 5. The van der Waals surface area contributed by atoms with Gasteiger partial charge in [-0.15, -0.1) is 11.8 Å². The SMILES string of the molecule is Cc1cc(S(=O)(=O)NC(=O)c2ccc(N3CCN(Cc4ccccc4-c4ccc(Cl)cc4)CC3)cc2)ccc1N[C@H](CCN1[C@@H](C)CC[C@@H]1C)CSc1ccccc1. The van der Waals surface area contributed by atoms with Crippen LogP contribution in [0.25, 0.3) is 11.1 Å². The third-order valence-electron chi connectivity index (χ3n) is 11.6. The third-order valence-corrected chi connectivity index (χ3v) is 14.3. The van der Waals surface area contributed by atoms with Gasteiger partial charge in [0.15, 0.2) is 0 Å². The second kappa shape index (κ2) is 19.2. The molecule has 0 saturated carbocycles. The molecule has 7 rings (SSSR count). The number of carbonyl (C=O) groups excluding carboxylic acids is 1. The zero-order chi connectivity index (χ0) is 40.6. The number of sulfonamides is 1. The van der Waals surface area contributed by atoms with E-state index in [-0.39, 0.29) is 10.9 Å². The average Bonchev–Trinajstić information content (AvgIpc) is 3.56. The van der Waals surface area contributed by atoms with Gasteiger partial charge in [-0.3, -0.25) is 14.6 Å². The van der Waals surface area contributed by atoms with Gasteiger partial charge in [-0.2, -0.15) is 0 Å². The van der Waals surface area contributed by atoms with Crippen molar-refractivity contribution in [3.63, 3.8) is 0 Å². The second-order valence-electron chi connectivity index (χ2n) is 15.7. The Bertz CT molecular complexity index is 2240. The van der Waals surface area contributed by atoms with Crippen molar-refractivity contribution in [1.82, 2.24) is 14.5 Å². The molecule has 2 aliphatic heterocycles. The van der Waals surface area contributed by atoms with Gasteiger partial charge in [-0.1, -0.05) is 66.2 Å². The van der Waals surface area contributed by atoms with Crippen LogP contribution in [0, 0.1) is 6.92 Å². The normalized spacial score (nSPS) is 18.2. The second-order valence-corrected chi connectivity index (χ2v) is 18.9. The van der Waals surface area contributed by atoms with Crippen molar-refractivity contribution in [2.45, 2.75) is 74.5 Å². The van der Waals surface area contributed by atoms with Crippen molar-refractivity contribution in [3.8, 4) is 11.1 Å². The molecule has 2 aliphatic rings. The molecule has 11 heteroatoms. The fraction of sp³-hybridized carbons (Fsp3) is 0.340. The maximum atomic E-state index is 13.5. The van der Waals surface area contributed by atoms with E-state index in [0.717, 1.165) is 79.0 Å². The first-order valence-corrected chi connectivity index (χ1v) is 23.2. The van der Waals surface area contributed by atoms with Crippen LogP contribution in [0.4, 0.5) is 11.4 Å². The van der Waals surface area contributed by atoms with Gasteiger partial charge < -0.3 is 10.2 Å². The zero-order valence-electron chi connectivity index (χ0n) is 33.6. The fourth-order valence-electron chi connectivity index (χ4n) is 8.13. The van der Waals surface area contributed by atoms with Gasteiger partial charge in [0, 0.05) is 90.0 Å². The monoisotopic (exact) mass is 835 g/mol. The van der Waals surface area contributed by atoms with E-state index in [1.54, 1.807) is 24.3 Å². The maximum Gasteiger partial charge on any atom is 0.264 e. The molecule has 5 aromatic rings. The number of anilines is 2. The summed E-state index contributed by atoms with van der Waals surface area (Å²) in [5.74, 6) is 0.227. The smallest absolute Gasteiger partial charge is 0.264 e. The minimum atomic E-state index is -4.10. The molecule has 2 N–H and O–H groups in total. The lowest BCUT2D eigenvalue weighted by molar-refractivity contribution is 0.0981. The Morgan fingerprint density at radius 1 is 0.828 bits per heavy atom. The fourth-order valence-corrected chi connectivity index (χ4v) is 10.3. The van der Waals surface area contributed by atoms with Crippen LogP contribution in [-0.2, 0) is 16.6 Å². The molecule has 3 atom stereocenters. The van der Waals surface area contributed by atoms with Crippen molar-refractivity contribution < 1.29 is 13.2 Å². The molecule has 0 unspecified atom stereocenters. The molecule has 0 aliphatic carbocycles. The van der Waals surface area contributed by atoms with E-state index in [9.17, 15) is 13.2 Å². The van der Waals surface area contributed by atoms with Gasteiger partial charge in [0.2, 0.25) is 0 Å². The Kier molecular flexibility index (Phi) is 13.8. The zero-order valence-corrected chi connectivity index (χ0v) is 36.0. The van der Waals surface area contributed by atoms with Crippen LogP contribution in [0.5, 0.6) is 0 Å². The minimum Gasteiger partial charge on any atom is -0.381 e. The van der Waals surface area contributed by atoms with Crippen LogP contribution < -0.4 is 14.9 Å². The molecule has 0 radical (unpaired) electrons. The van der Waals surface area contributed by atoms with Crippen molar-refractivity contribution in [3.05, 3.63) is 143 Å². The van der Waals surface area contributed by atoms with Crippen LogP contribution in [0.15, 0.2) is 131 Å². The molecule has 0 bridgehead atoms. The molecular formula is C47H54ClN5O3S2. The van der Waals surface area contributed by atoms with E-state index in [0.29, 0.717) is 17.6 Å². The van der Waals surface area contributed by atoms with Crippen molar-refractivity contribution in [2.75, 3.05) is 48.7 Å². The van der Waals surface area contributed by atoms with Crippen LogP contribution in [0.2, 0.25) is 5.02 Å².